The molecule has 0 saturated carbocycles. The number of ether oxygens (including phenoxy) is 1. The van der Waals surface area contributed by atoms with Gasteiger partial charge in [-0.05, 0) is 27.2 Å². The van der Waals surface area contributed by atoms with E-state index in [4.69, 9.17) is 4.74 Å². The minimum Gasteiger partial charge on any atom is -0.467 e. The highest BCUT2D eigenvalue weighted by Gasteiger charge is 2.14. The van der Waals surface area contributed by atoms with Crippen LogP contribution < -0.4 is 20.7 Å². The predicted molar refractivity (Wildman–Crippen MR) is 81.5 cm³/mol. The maximum atomic E-state index is 11.8. The van der Waals surface area contributed by atoms with Crippen molar-refractivity contribution in [2.45, 2.75) is 39.7 Å². The summed E-state index contributed by atoms with van der Waals surface area (Å²) in [4.78, 5) is 24.1. The van der Waals surface area contributed by atoms with Gasteiger partial charge in [-0.25, -0.2) is 0 Å². The Bertz CT molecular complexity index is 472. The summed E-state index contributed by atoms with van der Waals surface area (Å²) in [5.74, 6) is 0.580. The van der Waals surface area contributed by atoms with E-state index >= 15 is 0 Å². The minimum absolute atomic E-state index is 0.0810. The number of hydrogen-bond donors (Lipinski definition) is 3. The summed E-state index contributed by atoms with van der Waals surface area (Å²) < 4.78 is 5.02. The molecule has 0 saturated heterocycles. The van der Waals surface area contributed by atoms with Crippen molar-refractivity contribution in [3.63, 3.8) is 0 Å². The molecular formula is C13H24N6O2. The van der Waals surface area contributed by atoms with Crippen LogP contribution >= 0.6 is 0 Å². The highest BCUT2D eigenvalue weighted by molar-refractivity contribution is 5.80. The SMILES string of the molecule is CCCNc1nc(NCC(=O)NC(C)(C)C)nc(OC)n1. The smallest absolute Gasteiger partial charge is 0.322 e. The molecule has 0 fully saturated rings. The molecule has 0 radical (unpaired) electrons. The molecule has 21 heavy (non-hydrogen) atoms. The zero-order valence-electron chi connectivity index (χ0n) is 13.3. The number of carbonyl (C=O) groups is 1. The van der Waals surface area contributed by atoms with Crippen LogP contribution in [0.5, 0.6) is 6.01 Å². The van der Waals surface area contributed by atoms with Crippen LogP contribution in [0.3, 0.4) is 0 Å². The Hall–Kier alpha value is -2.12. The highest BCUT2D eigenvalue weighted by Crippen LogP contribution is 2.10. The third-order valence-corrected chi connectivity index (χ3v) is 2.25. The first-order valence-corrected chi connectivity index (χ1v) is 6.93. The molecule has 0 aliphatic heterocycles. The molecule has 3 N–H and O–H groups in total. The zero-order valence-corrected chi connectivity index (χ0v) is 13.3. The van der Waals surface area contributed by atoms with Crippen molar-refractivity contribution in [3.05, 3.63) is 0 Å². The van der Waals surface area contributed by atoms with Gasteiger partial charge >= 0.3 is 6.01 Å². The summed E-state index contributed by atoms with van der Waals surface area (Å²) in [5.41, 5.74) is -0.274. The number of aromatic nitrogens is 3. The summed E-state index contributed by atoms with van der Waals surface area (Å²) in [7, 11) is 1.48. The van der Waals surface area contributed by atoms with Crippen molar-refractivity contribution in [2.75, 3.05) is 30.8 Å². The van der Waals surface area contributed by atoms with Gasteiger partial charge in [-0.15, -0.1) is 0 Å². The van der Waals surface area contributed by atoms with Crippen LogP contribution in [0.15, 0.2) is 0 Å². The lowest BCUT2D eigenvalue weighted by atomic mass is 10.1. The van der Waals surface area contributed by atoms with E-state index in [0.717, 1.165) is 13.0 Å². The van der Waals surface area contributed by atoms with E-state index in [0.29, 0.717) is 11.9 Å². The monoisotopic (exact) mass is 296 g/mol. The lowest BCUT2D eigenvalue weighted by Gasteiger charge is -2.20. The zero-order chi connectivity index (χ0) is 15.9. The molecule has 1 aromatic rings. The van der Waals surface area contributed by atoms with E-state index < -0.39 is 0 Å². The molecular weight excluding hydrogens is 272 g/mol. The topological polar surface area (TPSA) is 101 Å². The lowest BCUT2D eigenvalue weighted by molar-refractivity contribution is -0.120. The first-order chi connectivity index (χ1) is 9.84. The standard InChI is InChI=1S/C13H24N6O2/c1-6-7-14-10-16-11(18-12(17-10)21-5)15-8-9(20)19-13(2,3)4/h6-8H2,1-5H3,(H,19,20)(H2,14,15,16,17,18). The van der Waals surface area contributed by atoms with Crippen molar-refractivity contribution in [1.82, 2.24) is 20.3 Å². The summed E-state index contributed by atoms with van der Waals surface area (Å²) in [6.45, 7) is 8.63. The van der Waals surface area contributed by atoms with Gasteiger partial charge in [-0.2, -0.15) is 15.0 Å². The van der Waals surface area contributed by atoms with E-state index in [2.05, 4.69) is 30.9 Å². The van der Waals surface area contributed by atoms with E-state index in [9.17, 15) is 4.79 Å². The second kappa shape index (κ2) is 7.61. The first kappa shape index (κ1) is 16.9. The molecule has 1 heterocycles. The molecule has 0 bridgehead atoms. The Kier molecular flexibility index (Phi) is 6.13. The maximum Gasteiger partial charge on any atom is 0.322 e. The van der Waals surface area contributed by atoms with E-state index in [1.54, 1.807) is 0 Å². The summed E-state index contributed by atoms with van der Waals surface area (Å²) >= 11 is 0. The molecule has 1 rings (SSSR count). The second-order valence-electron chi connectivity index (χ2n) is 5.55. The van der Waals surface area contributed by atoms with Gasteiger partial charge in [0, 0.05) is 12.1 Å². The molecule has 8 heteroatoms. The Morgan fingerprint density at radius 1 is 1.14 bits per heavy atom. The third-order valence-electron chi connectivity index (χ3n) is 2.25. The number of nitrogens with one attached hydrogen (secondary N) is 3. The van der Waals surface area contributed by atoms with Crippen LogP contribution in [0.4, 0.5) is 11.9 Å². The predicted octanol–water partition coefficient (Wildman–Crippen LogP) is 1.03. The molecule has 1 amide bonds. The number of nitrogens with zero attached hydrogens (tertiary/aromatic N) is 3. The Morgan fingerprint density at radius 2 is 1.76 bits per heavy atom. The Morgan fingerprint density at radius 3 is 2.29 bits per heavy atom. The summed E-state index contributed by atoms with van der Waals surface area (Å²) in [6, 6.07) is 0.197. The normalized spacial score (nSPS) is 10.9. The second-order valence-corrected chi connectivity index (χ2v) is 5.55. The first-order valence-electron chi connectivity index (χ1n) is 6.93. The molecule has 0 aliphatic carbocycles. The molecule has 0 spiro atoms. The fraction of sp³-hybridized carbons (Fsp3) is 0.692. The van der Waals surface area contributed by atoms with Crippen molar-refractivity contribution in [2.24, 2.45) is 0 Å². The number of carbonyl (C=O) groups excluding carboxylic acids is 1. The molecule has 0 aromatic carbocycles. The molecule has 0 aliphatic rings. The van der Waals surface area contributed by atoms with E-state index in [1.165, 1.54) is 7.11 Å². The van der Waals surface area contributed by atoms with Crippen LogP contribution in [0.2, 0.25) is 0 Å². The van der Waals surface area contributed by atoms with Gasteiger partial charge in [0.15, 0.2) is 0 Å². The molecule has 1 aromatic heterocycles. The largest absolute Gasteiger partial charge is 0.467 e. The van der Waals surface area contributed by atoms with Gasteiger partial charge in [0.25, 0.3) is 0 Å². The van der Waals surface area contributed by atoms with Gasteiger partial charge in [0.1, 0.15) is 0 Å². The molecule has 8 nitrogen and oxygen atoms in total. The van der Waals surface area contributed by atoms with Crippen LogP contribution in [0.1, 0.15) is 34.1 Å². The van der Waals surface area contributed by atoms with Gasteiger partial charge < -0.3 is 20.7 Å². The molecule has 0 atom stereocenters. The summed E-state index contributed by atoms with van der Waals surface area (Å²) in [6.07, 6.45) is 0.949. The van der Waals surface area contributed by atoms with Crippen LogP contribution in [0.25, 0.3) is 0 Å². The Balaban J connectivity index is 2.67. The van der Waals surface area contributed by atoms with Crippen molar-refractivity contribution < 1.29 is 9.53 Å². The minimum atomic E-state index is -0.274. The van der Waals surface area contributed by atoms with E-state index in [1.807, 2.05) is 27.7 Å². The Labute approximate surface area is 125 Å². The van der Waals surface area contributed by atoms with Crippen LogP contribution in [0, 0.1) is 0 Å². The lowest BCUT2D eigenvalue weighted by Crippen LogP contribution is -2.43. The molecule has 118 valence electrons. The van der Waals surface area contributed by atoms with Gasteiger partial charge in [0.2, 0.25) is 17.8 Å². The number of anilines is 2. The maximum absolute atomic E-state index is 11.8. The fourth-order valence-corrected chi connectivity index (χ4v) is 1.46. The quantitative estimate of drug-likeness (QED) is 0.690. The number of hydrogen-bond acceptors (Lipinski definition) is 7. The average molecular weight is 296 g/mol. The van der Waals surface area contributed by atoms with Gasteiger partial charge in [-0.3, -0.25) is 4.79 Å². The summed E-state index contributed by atoms with van der Waals surface area (Å²) in [5, 5.41) is 8.76. The van der Waals surface area contributed by atoms with Crippen molar-refractivity contribution in [3.8, 4) is 6.01 Å². The van der Waals surface area contributed by atoms with Crippen molar-refractivity contribution in [1.29, 1.82) is 0 Å². The molecule has 0 unspecified atom stereocenters. The van der Waals surface area contributed by atoms with Crippen LogP contribution in [-0.2, 0) is 4.79 Å². The van der Waals surface area contributed by atoms with Gasteiger partial charge in [-0.1, -0.05) is 6.92 Å². The number of amides is 1. The average Bonchev–Trinajstić information content (AvgIpc) is 2.41. The number of rotatable bonds is 7. The van der Waals surface area contributed by atoms with E-state index in [-0.39, 0.29) is 24.0 Å². The van der Waals surface area contributed by atoms with Crippen LogP contribution in [-0.4, -0.2) is 46.6 Å². The van der Waals surface area contributed by atoms with Gasteiger partial charge in [0.05, 0.1) is 13.7 Å². The fourth-order valence-electron chi connectivity index (χ4n) is 1.46. The number of methoxy groups -OCH3 is 1. The third kappa shape index (κ3) is 6.73. The van der Waals surface area contributed by atoms with Crippen molar-refractivity contribution >= 4 is 17.8 Å². The highest BCUT2D eigenvalue weighted by atomic mass is 16.5.